The zero-order valence-electron chi connectivity index (χ0n) is 25.1. The summed E-state index contributed by atoms with van der Waals surface area (Å²) < 4.78 is 2.51. The Hall–Kier alpha value is -3.85. The summed E-state index contributed by atoms with van der Waals surface area (Å²) in [5, 5.41) is 5.84. The molecule has 3 aliphatic rings. The van der Waals surface area contributed by atoms with Crippen molar-refractivity contribution in [3.63, 3.8) is 0 Å². The number of aryl methyl sites for hydroxylation is 2. The van der Waals surface area contributed by atoms with Crippen LogP contribution in [0.3, 0.4) is 0 Å². The van der Waals surface area contributed by atoms with Gasteiger partial charge in [-0.25, -0.2) is 14.6 Å². The number of fused-ring (bicyclic) bond motifs is 3. The lowest BCUT2D eigenvalue weighted by molar-refractivity contribution is 0.104. The minimum absolute atomic E-state index is 0.0299. The number of rotatable bonds is 7. The maximum absolute atomic E-state index is 13.4. The average molecular weight is 570 g/mol. The van der Waals surface area contributed by atoms with Crippen LogP contribution >= 0.6 is 0 Å². The van der Waals surface area contributed by atoms with Crippen molar-refractivity contribution in [2.45, 2.75) is 77.0 Å². The molecule has 222 valence electrons. The number of aromatic nitrogens is 2. The first-order valence-corrected chi connectivity index (χ1v) is 15.4. The number of nitrogens with zero attached hydrogens (tertiary/aromatic N) is 5. The Morgan fingerprint density at radius 2 is 1.69 bits per heavy atom. The summed E-state index contributed by atoms with van der Waals surface area (Å²) in [5.41, 5.74) is 5.27. The third-order valence-electron chi connectivity index (χ3n) is 9.37. The number of anilines is 2. The van der Waals surface area contributed by atoms with Gasteiger partial charge in [0.25, 0.3) is 0 Å². The molecule has 2 aromatic carbocycles. The minimum Gasteiger partial charge on any atom is -0.341 e. The summed E-state index contributed by atoms with van der Waals surface area (Å²) in [6.45, 7) is 7.14. The third-order valence-corrected chi connectivity index (χ3v) is 9.37. The summed E-state index contributed by atoms with van der Waals surface area (Å²) in [6.07, 6.45) is 6.52. The van der Waals surface area contributed by atoms with Crippen molar-refractivity contribution in [2.24, 2.45) is 0 Å². The van der Waals surface area contributed by atoms with Crippen LogP contribution < -0.4 is 15.5 Å². The average Bonchev–Trinajstić information content (AvgIpc) is 3.45. The van der Waals surface area contributed by atoms with Crippen LogP contribution in [0.25, 0.3) is 0 Å². The standard InChI is InChI=1S/C33H43N7O2/c1-23-10-12-25(13-11-23)36-33(42)39(26-8-5-4-6-9-26)18-7-17-38-27-14-15-28(38)21-29(20-27)40-24(2)35-30-22-37(32(41)34-3)19-16-31(30)40/h4-6,8-13,27-29H,7,14-22H2,1-3H3,(H,34,41)(H,36,42)/t27-,28-/m1/s1. The van der Waals surface area contributed by atoms with Crippen molar-refractivity contribution in [1.82, 2.24) is 24.7 Å². The minimum atomic E-state index is -0.0953. The molecule has 0 radical (unpaired) electrons. The predicted octanol–water partition coefficient (Wildman–Crippen LogP) is 5.49. The molecule has 9 heteroatoms. The van der Waals surface area contributed by atoms with E-state index in [1.54, 1.807) is 7.05 Å². The van der Waals surface area contributed by atoms with E-state index in [0.29, 0.717) is 31.2 Å². The Morgan fingerprint density at radius 1 is 0.976 bits per heavy atom. The lowest BCUT2D eigenvalue weighted by atomic mass is 9.95. The van der Waals surface area contributed by atoms with Gasteiger partial charge in [-0.05, 0) is 70.2 Å². The molecule has 4 amide bonds. The molecular formula is C33H43N7O2. The maximum Gasteiger partial charge on any atom is 0.326 e. The summed E-state index contributed by atoms with van der Waals surface area (Å²) in [4.78, 5) is 36.9. The van der Waals surface area contributed by atoms with E-state index in [1.165, 1.54) is 24.1 Å². The molecule has 3 aliphatic heterocycles. The number of carbonyl (C=O) groups is 2. The maximum atomic E-state index is 13.4. The SMILES string of the molecule is CNC(=O)N1CCc2c(nc(C)n2C2C[C@H]3CC[C@H](C2)N3CCCN(C(=O)Nc2ccc(C)cc2)c2ccccc2)C1. The fraction of sp³-hybridized carbons (Fsp3) is 0.485. The van der Waals surface area contributed by atoms with E-state index in [9.17, 15) is 9.59 Å². The largest absolute Gasteiger partial charge is 0.341 e. The van der Waals surface area contributed by atoms with Crippen molar-refractivity contribution in [2.75, 3.05) is 36.9 Å². The summed E-state index contributed by atoms with van der Waals surface area (Å²) in [7, 11) is 1.69. The van der Waals surface area contributed by atoms with Crippen LogP contribution in [0, 0.1) is 13.8 Å². The molecule has 3 aromatic rings. The number of hydrogen-bond donors (Lipinski definition) is 2. The fourth-order valence-electron chi connectivity index (χ4n) is 7.37. The van der Waals surface area contributed by atoms with E-state index in [-0.39, 0.29) is 12.1 Å². The predicted molar refractivity (Wildman–Crippen MR) is 166 cm³/mol. The van der Waals surface area contributed by atoms with Crippen LogP contribution in [0.15, 0.2) is 54.6 Å². The molecule has 6 rings (SSSR count). The van der Waals surface area contributed by atoms with Crippen LogP contribution in [0.4, 0.5) is 21.0 Å². The van der Waals surface area contributed by atoms with Gasteiger partial charge in [-0.2, -0.15) is 0 Å². The van der Waals surface area contributed by atoms with E-state index in [0.717, 1.165) is 61.7 Å². The van der Waals surface area contributed by atoms with Crippen LogP contribution in [0.5, 0.6) is 0 Å². The Kier molecular flexibility index (Phi) is 8.20. The van der Waals surface area contributed by atoms with Crippen LogP contribution in [-0.2, 0) is 13.0 Å². The Labute approximate surface area is 248 Å². The van der Waals surface area contributed by atoms with Crippen molar-refractivity contribution in [3.8, 4) is 0 Å². The van der Waals surface area contributed by atoms with Crippen molar-refractivity contribution < 1.29 is 9.59 Å². The van der Waals surface area contributed by atoms with Gasteiger partial charge in [-0.1, -0.05) is 35.9 Å². The fourth-order valence-corrected chi connectivity index (χ4v) is 7.37. The second-order valence-electron chi connectivity index (χ2n) is 12.0. The van der Waals surface area contributed by atoms with Gasteiger partial charge in [-0.3, -0.25) is 9.80 Å². The number of urea groups is 2. The van der Waals surface area contributed by atoms with Gasteiger partial charge in [-0.15, -0.1) is 0 Å². The van der Waals surface area contributed by atoms with Gasteiger partial charge in [0.2, 0.25) is 0 Å². The molecule has 2 fully saturated rings. The van der Waals surface area contributed by atoms with Crippen molar-refractivity contribution in [3.05, 3.63) is 77.4 Å². The highest BCUT2D eigenvalue weighted by molar-refractivity contribution is 6.01. The summed E-state index contributed by atoms with van der Waals surface area (Å²) >= 11 is 0. The Morgan fingerprint density at radius 3 is 2.38 bits per heavy atom. The lowest BCUT2D eigenvalue weighted by Gasteiger charge is -2.41. The molecule has 2 N–H and O–H groups in total. The second kappa shape index (κ2) is 12.2. The smallest absolute Gasteiger partial charge is 0.326 e. The van der Waals surface area contributed by atoms with Crippen molar-refractivity contribution in [1.29, 1.82) is 0 Å². The third kappa shape index (κ3) is 5.75. The highest BCUT2D eigenvalue weighted by atomic mass is 16.2. The molecule has 0 saturated carbocycles. The second-order valence-corrected chi connectivity index (χ2v) is 12.0. The monoisotopic (exact) mass is 569 g/mol. The molecule has 0 aliphatic carbocycles. The van der Waals surface area contributed by atoms with Crippen LogP contribution in [0.2, 0.25) is 0 Å². The number of benzene rings is 2. The first-order chi connectivity index (χ1) is 20.4. The number of hydrogen-bond acceptors (Lipinski definition) is 4. The zero-order chi connectivity index (χ0) is 29.2. The number of para-hydroxylation sites is 1. The molecule has 1 aromatic heterocycles. The first kappa shape index (κ1) is 28.3. The molecule has 4 heterocycles. The van der Waals surface area contributed by atoms with Crippen molar-refractivity contribution >= 4 is 23.4 Å². The molecular weight excluding hydrogens is 526 g/mol. The van der Waals surface area contributed by atoms with E-state index in [1.807, 2.05) is 71.3 Å². The lowest BCUT2D eigenvalue weighted by Crippen LogP contribution is -2.46. The molecule has 0 unspecified atom stereocenters. The van der Waals surface area contributed by atoms with Gasteiger partial charge >= 0.3 is 12.1 Å². The molecule has 2 bridgehead atoms. The van der Waals surface area contributed by atoms with Gasteiger partial charge in [0.1, 0.15) is 5.82 Å². The Bertz CT molecular complexity index is 1390. The highest BCUT2D eigenvalue weighted by Crippen LogP contribution is 2.42. The molecule has 2 atom stereocenters. The topological polar surface area (TPSA) is 85.7 Å². The zero-order valence-corrected chi connectivity index (χ0v) is 25.1. The van der Waals surface area contributed by atoms with E-state index < -0.39 is 0 Å². The van der Waals surface area contributed by atoms with Crippen LogP contribution in [-0.4, -0.2) is 70.2 Å². The molecule has 9 nitrogen and oxygen atoms in total. The van der Waals surface area contributed by atoms with Crippen LogP contribution in [0.1, 0.15) is 60.9 Å². The number of amides is 4. The quantitative estimate of drug-likeness (QED) is 0.394. The molecule has 2 saturated heterocycles. The summed E-state index contributed by atoms with van der Waals surface area (Å²) in [6, 6.07) is 19.4. The van der Waals surface area contributed by atoms with E-state index in [4.69, 9.17) is 4.98 Å². The van der Waals surface area contributed by atoms with E-state index >= 15 is 0 Å². The van der Waals surface area contributed by atoms with Gasteiger partial charge in [0.15, 0.2) is 0 Å². The highest BCUT2D eigenvalue weighted by Gasteiger charge is 2.42. The van der Waals surface area contributed by atoms with E-state index in [2.05, 4.69) is 27.0 Å². The normalized spacial score (nSPS) is 21.6. The first-order valence-electron chi connectivity index (χ1n) is 15.4. The molecule has 42 heavy (non-hydrogen) atoms. The van der Waals surface area contributed by atoms with Gasteiger partial charge in [0, 0.05) is 68.3 Å². The Balaban J connectivity index is 1.09. The number of piperidine rings is 1. The number of imidazole rings is 1. The van der Waals surface area contributed by atoms with Gasteiger partial charge in [0.05, 0.1) is 12.2 Å². The number of nitrogens with one attached hydrogen (secondary N) is 2. The molecule has 0 spiro atoms. The number of carbonyl (C=O) groups excluding carboxylic acids is 2. The summed E-state index contributed by atoms with van der Waals surface area (Å²) in [5.74, 6) is 1.08. The van der Waals surface area contributed by atoms with Gasteiger partial charge < -0.3 is 20.1 Å².